The van der Waals surface area contributed by atoms with Gasteiger partial charge in [-0.25, -0.2) is 0 Å². The van der Waals surface area contributed by atoms with Gasteiger partial charge in [-0.05, 0) is 37.0 Å². The molecule has 1 saturated carbocycles. The monoisotopic (exact) mass is 307 g/mol. The van der Waals surface area contributed by atoms with E-state index in [0.717, 1.165) is 45.7 Å². The number of amides is 1. The van der Waals surface area contributed by atoms with Crippen LogP contribution in [-0.2, 0) is 4.79 Å². The van der Waals surface area contributed by atoms with E-state index < -0.39 is 0 Å². The quantitative estimate of drug-likeness (QED) is 0.867. The maximum absolute atomic E-state index is 12.6. The van der Waals surface area contributed by atoms with Crippen molar-refractivity contribution in [2.45, 2.75) is 58.4 Å². The van der Waals surface area contributed by atoms with Crippen LogP contribution in [0.15, 0.2) is 0 Å². The lowest BCUT2D eigenvalue weighted by molar-refractivity contribution is -0.131. The van der Waals surface area contributed by atoms with Crippen molar-refractivity contribution in [3.8, 4) is 0 Å². The second-order valence-corrected chi connectivity index (χ2v) is 8.40. The Hall–Kier alpha value is -0.610. The van der Waals surface area contributed by atoms with Gasteiger partial charge in [0, 0.05) is 51.7 Å². The van der Waals surface area contributed by atoms with E-state index in [-0.39, 0.29) is 0 Å². The van der Waals surface area contributed by atoms with Crippen molar-refractivity contribution in [3.63, 3.8) is 0 Å². The molecule has 3 fully saturated rings. The summed E-state index contributed by atoms with van der Waals surface area (Å²) in [4.78, 5) is 17.4. The summed E-state index contributed by atoms with van der Waals surface area (Å²) in [6.45, 7) is 11.1. The Morgan fingerprint density at radius 1 is 1.18 bits per heavy atom. The van der Waals surface area contributed by atoms with Gasteiger partial charge in [0.15, 0.2) is 0 Å². The Labute approximate surface area is 135 Å². The number of hydrogen-bond donors (Lipinski definition) is 1. The van der Waals surface area contributed by atoms with Crippen molar-refractivity contribution in [3.05, 3.63) is 0 Å². The lowest BCUT2D eigenvalue weighted by Crippen LogP contribution is -2.49. The van der Waals surface area contributed by atoms with Crippen LogP contribution >= 0.6 is 0 Å². The van der Waals surface area contributed by atoms with Crippen molar-refractivity contribution in [2.24, 2.45) is 11.3 Å². The lowest BCUT2D eigenvalue weighted by Gasteiger charge is -2.35. The van der Waals surface area contributed by atoms with Gasteiger partial charge in [0.25, 0.3) is 0 Å². The molecule has 4 nitrogen and oxygen atoms in total. The number of likely N-dealkylation sites (tertiary alicyclic amines) is 1. The predicted molar refractivity (Wildman–Crippen MR) is 89.8 cm³/mol. The molecule has 126 valence electrons. The molecule has 0 aromatic heterocycles. The summed E-state index contributed by atoms with van der Waals surface area (Å²) in [6, 6.07) is 0.605. The topological polar surface area (TPSA) is 35.6 Å². The molecule has 2 aliphatic heterocycles. The summed E-state index contributed by atoms with van der Waals surface area (Å²) in [6.07, 6.45) is 7.07. The Morgan fingerprint density at radius 3 is 2.68 bits per heavy atom. The third kappa shape index (κ3) is 4.02. The van der Waals surface area contributed by atoms with Gasteiger partial charge < -0.3 is 10.2 Å². The molecule has 0 spiro atoms. The fraction of sp³-hybridized carbons (Fsp3) is 0.944. The molecule has 4 heteroatoms. The fourth-order valence-electron chi connectivity index (χ4n) is 4.72. The first-order chi connectivity index (χ1) is 10.5. The normalized spacial score (nSPS) is 33.1. The first-order valence-corrected chi connectivity index (χ1v) is 9.26. The largest absolute Gasteiger partial charge is 0.341 e. The molecule has 1 amide bonds. The van der Waals surface area contributed by atoms with Crippen LogP contribution in [0.5, 0.6) is 0 Å². The molecule has 22 heavy (non-hydrogen) atoms. The number of carbonyl (C=O) groups excluding carboxylic acids is 1. The van der Waals surface area contributed by atoms with Crippen LogP contribution in [0.2, 0.25) is 0 Å². The van der Waals surface area contributed by atoms with Crippen molar-refractivity contribution >= 4 is 5.91 Å². The van der Waals surface area contributed by atoms with E-state index in [1.165, 1.54) is 32.1 Å². The summed E-state index contributed by atoms with van der Waals surface area (Å²) < 4.78 is 0. The summed E-state index contributed by atoms with van der Waals surface area (Å²) in [5.41, 5.74) is 0.442. The molecule has 2 saturated heterocycles. The van der Waals surface area contributed by atoms with Crippen LogP contribution in [0, 0.1) is 11.3 Å². The Balaban J connectivity index is 1.47. The molecule has 0 radical (unpaired) electrons. The minimum absolute atomic E-state index is 0.417. The highest BCUT2D eigenvalue weighted by Crippen LogP contribution is 2.40. The minimum atomic E-state index is 0.417. The molecule has 2 unspecified atom stereocenters. The lowest BCUT2D eigenvalue weighted by atomic mass is 9.71. The Bertz CT molecular complexity index is 390. The van der Waals surface area contributed by atoms with E-state index in [1.807, 2.05) is 0 Å². The van der Waals surface area contributed by atoms with Crippen molar-refractivity contribution in [1.82, 2.24) is 15.1 Å². The summed E-state index contributed by atoms with van der Waals surface area (Å²) in [7, 11) is 0. The predicted octanol–water partition coefficient (Wildman–Crippen LogP) is 2.10. The first kappa shape index (κ1) is 16.3. The number of rotatable bonds is 3. The summed E-state index contributed by atoms with van der Waals surface area (Å²) in [5, 5.41) is 3.41. The van der Waals surface area contributed by atoms with Gasteiger partial charge in [-0.2, -0.15) is 0 Å². The van der Waals surface area contributed by atoms with Crippen LogP contribution < -0.4 is 5.32 Å². The summed E-state index contributed by atoms with van der Waals surface area (Å²) >= 11 is 0. The van der Waals surface area contributed by atoms with Crippen LogP contribution in [-0.4, -0.2) is 61.0 Å². The average molecular weight is 307 g/mol. The molecule has 0 aromatic rings. The fourth-order valence-corrected chi connectivity index (χ4v) is 4.72. The molecule has 2 heterocycles. The Morgan fingerprint density at radius 2 is 1.95 bits per heavy atom. The molecular formula is C18H33N3O. The third-order valence-electron chi connectivity index (χ3n) is 5.95. The average Bonchev–Trinajstić information content (AvgIpc) is 2.97. The zero-order chi connectivity index (χ0) is 15.6. The maximum atomic E-state index is 12.6. The van der Waals surface area contributed by atoms with E-state index in [0.29, 0.717) is 23.3 Å². The van der Waals surface area contributed by atoms with Crippen LogP contribution in [0.1, 0.15) is 52.4 Å². The highest BCUT2D eigenvalue weighted by Gasteiger charge is 2.34. The SMILES string of the molecule is CC1(C)CCCC(CC(=O)N2CCC(N3CCNCC3)C2)C1. The van der Waals surface area contributed by atoms with E-state index in [2.05, 4.69) is 29.0 Å². The number of hydrogen-bond acceptors (Lipinski definition) is 3. The van der Waals surface area contributed by atoms with Gasteiger partial charge in [0.1, 0.15) is 0 Å². The molecule has 3 rings (SSSR count). The van der Waals surface area contributed by atoms with Gasteiger partial charge in [0.2, 0.25) is 5.91 Å². The van der Waals surface area contributed by atoms with Gasteiger partial charge in [-0.3, -0.25) is 9.69 Å². The van der Waals surface area contributed by atoms with Crippen LogP contribution in [0.4, 0.5) is 0 Å². The number of carbonyl (C=O) groups is 1. The third-order valence-corrected chi connectivity index (χ3v) is 5.95. The molecule has 0 bridgehead atoms. The van der Waals surface area contributed by atoms with Crippen molar-refractivity contribution in [1.29, 1.82) is 0 Å². The zero-order valence-electron chi connectivity index (χ0n) is 14.4. The molecule has 3 aliphatic rings. The highest BCUT2D eigenvalue weighted by atomic mass is 16.2. The van der Waals surface area contributed by atoms with E-state index in [9.17, 15) is 4.79 Å². The molecule has 2 atom stereocenters. The van der Waals surface area contributed by atoms with Crippen LogP contribution in [0.25, 0.3) is 0 Å². The van der Waals surface area contributed by atoms with Gasteiger partial charge in [0.05, 0.1) is 0 Å². The molecule has 1 N–H and O–H groups in total. The summed E-state index contributed by atoms with van der Waals surface area (Å²) in [5.74, 6) is 1.04. The standard InChI is InChI=1S/C18H33N3O/c1-18(2)6-3-4-15(13-18)12-17(22)21-9-5-16(14-21)20-10-7-19-8-11-20/h15-16,19H,3-14H2,1-2H3. The second-order valence-electron chi connectivity index (χ2n) is 8.40. The van der Waals surface area contributed by atoms with Crippen LogP contribution in [0.3, 0.4) is 0 Å². The smallest absolute Gasteiger partial charge is 0.222 e. The minimum Gasteiger partial charge on any atom is -0.341 e. The second kappa shape index (κ2) is 6.88. The van der Waals surface area contributed by atoms with Crippen molar-refractivity contribution < 1.29 is 4.79 Å². The number of piperazine rings is 1. The van der Waals surface area contributed by atoms with Gasteiger partial charge >= 0.3 is 0 Å². The van der Waals surface area contributed by atoms with E-state index in [4.69, 9.17) is 0 Å². The van der Waals surface area contributed by atoms with E-state index in [1.54, 1.807) is 0 Å². The molecule has 0 aromatic carbocycles. The highest BCUT2D eigenvalue weighted by molar-refractivity contribution is 5.76. The van der Waals surface area contributed by atoms with Crippen molar-refractivity contribution in [2.75, 3.05) is 39.3 Å². The number of nitrogens with one attached hydrogen (secondary N) is 1. The molecular weight excluding hydrogens is 274 g/mol. The Kier molecular flexibility index (Phi) is 5.08. The maximum Gasteiger partial charge on any atom is 0.222 e. The van der Waals surface area contributed by atoms with Gasteiger partial charge in [-0.1, -0.05) is 20.3 Å². The molecule has 1 aliphatic carbocycles. The first-order valence-electron chi connectivity index (χ1n) is 9.26. The van der Waals surface area contributed by atoms with Gasteiger partial charge in [-0.15, -0.1) is 0 Å². The number of nitrogens with zero attached hydrogens (tertiary/aromatic N) is 2. The van der Waals surface area contributed by atoms with E-state index >= 15 is 0 Å². The zero-order valence-corrected chi connectivity index (χ0v) is 14.4.